The molecule has 2 aromatic carbocycles. The van der Waals surface area contributed by atoms with Gasteiger partial charge in [0.15, 0.2) is 5.17 Å². The maximum Gasteiger partial charge on any atom is 0.337 e. The topological polar surface area (TPSA) is 79.2 Å². The molecule has 9 heteroatoms. The lowest BCUT2D eigenvalue weighted by Crippen LogP contribution is -2.23. The number of nitrogens with zero attached hydrogens (tertiary/aromatic N) is 2. The number of rotatable bonds is 5. The number of carboxylic acid groups (broad SMARTS) is 1. The van der Waals surface area contributed by atoms with E-state index in [1.165, 1.54) is 28.8 Å². The van der Waals surface area contributed by atoms with Gasteiger partial charge >= 0.3 is 5.97 Å². The number of amidine groups is 1. The quantitative estimate of drug-likeness (QED) is 0.559. The van der Waals surface area contributed by atoms with Gasteiger partial charge in [-0.1, -0.05) is 27.5 Å². The molecule has 3 rings (SSSR count). The number of halogens is 2. The van der Waals surface area contributed by atoms with E-state index in [1.807, 2.05) is 25.1 Å². The van der Waals surface area contributed by atoms with E-state index in [0.717, 1.165) is 10.0 Å². The monoisotopic (exact) mass is 494 g/mol. The van der Waals surface area contributed by atoms with Crippen LogP contribution < -0.4 is 4.74 Å². The number of carbonyl (C=O) groups excluding carboxylic acids is 1. The molecule has 1 heterocycles. The van der Waals surface area contributed by atoms with E-state index in [-0.39, 0.29) is 16.5 Å². The van der Waals surface area contributed by atoms with Crippen LogP contribution in [-0.4, -0.2) is 40.7 Å². The Hall–Kier alpha value is -2.29. The lowest BCUT2D eigenvalue weighted by molar-refractivity contribution is -0.121. The van der Waals surface area contributed by atoms with Crippen LogP contribution in [0, 0.1) is 0 Å². The molecular formula is C20H16BrClN2O4S. The molecule has 0 bridgehead atoms. The fraction of sp³-hybridized carbons (Fsp3) is 0.150. The predicted octanol–water partition coefficient (Wildman–Crippen LogP) is 5.43. The zero-order valence-corrected chi connectivity index (χ0v) is 18.6. The second-order valence-electron chi connectivity index (χ2n) is 5.95. The summed E-state index contributed by atoms with van der Waals surface area (Å²) < 4.78 is 6.50. The van der Waals surface area contributed by atoms with Gasteiger partial charge in [0.1, 0.15) is 5.75 Å². The van der Waals surface area contributed by atoms with Gasteiger partial charge in [0, 0.05) is 17.1 Å². The van der Waals surface area contributed by atoms with Gasteiger partial charge < -0.3 is 9.84 Å². The highest BCUT2D eigenvalue weighted by atomic mass is 79.9. The van der Waals surface area contributed by atoms with Crippen LogP contribution in [0.4, 0.5) is 5.69 Å². The highest BCUT2D eigenvalue weighted by Crippen LogP contribution is 2.36. The van der Waals surface area contributed by atoms with Gasteiger partial charge in [0.2, 0.25) is 0 Å². The summed E-state index contributed by atoms with van der Waals surface area (Å²) >= 11 is 10.5. The summed E-state index contributed by atoms with van der Waals surface area (Å²) in [6, 6.07) is 10.0. The maximum atomic E-state index is 12.7. The van der Waals surface area contributed by atoms with Crippen LogP contribution in [0.25, 0.3) is 6.08 Å². The Balaban J connectivity index is 1.95. The maximum absolute atomic E-state index is 12.7. The first kappa shape index (κ1) is 21.4. The molecule has 0 aromatic heterocycles. The number of aromatic carboxylic acids is 1. The Bertz CT molecular complexity index is 1050. The first-order chi connectivity index (χ1) is 13.8. The summed E-state index contributed by atoms with van der Waals surface area (Å²) in [5, 5.41) is 9.78. The van der Waals surface area contributed by atoms with E-state index in [1.54, 1.807) is 19.2 Å². The number of hydrogen-bond donors (Lipinski definition) is 1. The number of carboxylic acids is 1. The number of carbonyl (C=O) groups is 2. The molecule has 1 aliphatic heterocycles. The summed E-state index contributed by atoms with van der Waals surface area (Å²) in [6.07, 6.45) is 1.76. The predicted molar refractivity (Wildman–Crippen MR) is 119 cm³/mol. The number of thioether (sulfide) groups is 1. The Morgan fingerprint density at radius 3 is 2.79 bits per heavy atom. The number of hydrogen-bond acceptors (Lipinski definition) is 5. The van der Waals surface area contributed by atoms with Crippen LogP contribution >= 0.6 is 39.3 Å². The van der Waals surface area contributed by atoms with Crippen LogP contribution in [-0.2, 0) is 4.79 Å². The van der Waals surface area contributed by atoms with Gasteiger partial charge in [-0.05, 0) is 61.2 Å². The van der Waals surface area contributed by atoms with Crippen molar-refractivity contribution in [2.24, 2.45) is 4.99 Å². The second-order valence-corrected chi connectivity index (χ2v) is 8.29. The fourth-order valence-corrected chi connectivity index (χ4v) is 4.12. The van der Waals surface area contributed by atoms with Gasteiger partial charge in [-0.15, -0.1) is 0 Å². The number of likely N-dealkylation sites (N-methyl/N-ethyl adjacent to an activating group) is 1. The molecule has 1 fully saturated rings. The highest BCUT2D eigenvalue weighted by molar-refractivity contribution is 9.10. The SMILES string of the molecule is CCOc1ccc(Br)cc1C=C1SC(=Nc2ccc(Cl)c(C(=O)O)c2)N(C)C1=O. The van der Waals surface area contributed by atoms with Gasteiger partial charge in [0.05, 0.1) is 27.8 Å². The molecule has 2 aromatic rings. The Labute approximate surface area is 185 Å². The number of benzene rings is 2. The number of amides is 1. The summed E-state index contributed by atoms with van der Waals surface area (Å²) in [4.78, 5) is 30.3. The van der Waals surface area contributed by atoms with Crippen molar-refractivity contribution < 1.29 is 19.4 Å². The van der Waals surface area contributed by atoms with Crippen molar-refractivity contribution in [2.45, 2.75) is 6.92 Å². The lowest BCUT2D eigenvalue weighted by Gasteiger charge is -2.08. The molecular weight excluding hydrogens is 480 g/mol. The molecule has 0 unspecified atom stereocenters. The Kier molecular flexibility index (Phi) is 6.66. The molecule has 6 nitrogen and oxygen atoms in total. The third-order valence-corrected chi connectivity index (χ3v) is 5.85. The average molecular weight is 496 g/mol. The molecule has 0 spiro atoms. The summed E-state index contributed by atoms with van der Waals surface area (Å²) in [6.45, 7) is 2.40. The van der Waals surface area contributed by atoms with Crippen molar-refractivity contribution in [2.75, 3.05) is 13.7 Å². The summed E-state index contributed by atoms with van der Waals surface area (Å²) in [5.41, 5.74) is 1.12. The van der Waals surface area contributed by atoms with Crippen LogP contribution in [0.15, 0.2) is 50.8 Å². The van der Waals surface area contributed by atoms with Crippen LogP contribution in [0.3, 0.4) is 0 Å². The third-order valence-electron chi connectivity index (χ3n) is 3.97. The number of ether oxygens (including phenoxy) is 1. The van der Waals surface area contributed by atoms with E-state index in [2.05, 4.69) is 20.9 Å². The van der Waals surface area contributed by atoms with Crippen molar-refractivity contribution >= 4 is 68.1 Å². The molecule has 29 heavy (non-hydrogen) atoms. The molecule has 0 atom stereocenters. The minimum atomic E-state index is -1.14. The molecule has 1 saturated heterocycles. The molecule has 1 amide bonds. The summed E-state index contributed by atoms with van der Waals surface area (Å²) in [5.74, 6) is -0.670. The first-order valence-corrected chi connectivity index (χ1v) is 10.5. The van der Waals surface area contributed by atoms with Crippen LogP contribution in [0.5, 0.6) is 5.75 Å². The van der Waals surface area contributed by atoms with Crippen molar-refractivity contribution in [1.82, 2.24) is 4.90 Å². The van der Waals surface area contributed by atoms with Crippen molar-refractivity contribution in [3.05, 3.63) is 61.9 Å². The molecule has 1 N–H and O–H groups in total. The fourth-order valence-electron chi connectivity index (χ4n) is 2.57. The molecule has 1 aliphatic rings. The lowest BCUT2D eigenvalue weighted by atomic mass is 10.2. The smallest absolute Gasteiger partial charge is 0.337 e. The van der Waals surface area contributed by atoms with Crippen molar-refractivity contribution in [3.8, 4) is 5.75 Å². The van der Waals surface area contributed by atoms with Crippen molar-refractivity contribution in [3.63, 3.8) is 0 Å². The normalized spacial score (nSPS) is 16.7. The summed E-state index contributed by atoms with van der Waals surface area (Å²) in [7, 11) is 1.62. The average Bonchev–Trinajstić information content (AvgIpc) is 2.93. The standard InChI is InChI=1S/C20H16BrClN2O4S/c1-3-28-16-7-4-12(21)8-11(16)9-17-18(25)24(2)20(29-17)23-13-5-6-15(22)14(10-13)19(26)27/h4-10H,3H2,1-2H3,(H,26,27). The minimum Gasteiger partial charge on any atom is -0.493 e. The van der Waals surface area contributed by atoms with E-state index in [0.29, 0.717) is 28.1 Å². The highest BCUT2D eigenvalue weighted by Gasteiger charge is 2.30. The Morgan fingerprint density at radius 1 is 1.34 bits per heavy atom. The zero-order valence-electron chi connectivity index (χ0n) is 15.5. The third kappa shape index (κ3) is 4.83. The van der Waals surface area contributed by atoms with Gasteiger partial charge in [-0.25, -0.2) is 9.79 Å². The largest absolute Gasteiger partial charge is 0.493 e. The van der Waals surface area contributed by atoms with Crippen LogP contribution in [0.2, 0.25) is 5.02 Å². The van der Waals surface area contributed by atoms with Crippen molar-refractivity contribution in [1.29, 1.82) is 0 Å². The van der Waals surface area contributed by atoms with Gasteiger partial charge in [-0.2, -0.15) is 0 Å². The van der Waals surface area contributed by atoms with E-state index >= 15 is 0 Å². The molecule has 0 aliphatic carbocycles. The molecule has 150 valence electrons. The van der Waals surface area contributed by atoms with Crippen LogP contribution in [0.1, 0.15) is 22.8 Å². The minimum absolute atomic E-state index is 0.0447. The van der Waals surface area contributed by atoms with E-state index in [4.69, 9.17) is 16.3 Å². The number of aliphatic imine (C=N–C) groups is 1. The van der Waals surface area contributed by atoms with E-state index < -0.39 is 5.97 Å². The van der Waals surface area contributed by atoms with Gasteiger partial charge in [-0.3, -0.25) is 9.69 Å². The van der Waals surface area contributed by atoms with E-state index in [9.17, 15) is 14.7 Å². The zero-order chi connectivity index (χ0) is 21.1. The second kappa shape index (κ2) is 9.02. The Morgan fingerprint density at radius 2 is 2.10 bits per heavy atom. The first-order valence-electron chi connectivity index (χ1n) is 8.51. The van der Waals surface area contributed by atoms with Gasteiger partial charge in [0.25, 0.3) is 5.91 Å². The molecule has 0 saturated carbocycles. The molecule has 0 radical (unpaired) electrons.